The van der Waals surface area contributed by atoms with Crippen LogP contribution >= 0.6 is 0 Å². The first-order valence-electron chi connectivity index (χ1n) is 6.07. The molecule has 1 aromatic carbocycles. The topological polar surface area (TPSA) is 93.7 Å². The van der Waals surface area contributed by atoms with Gasteiger partial charge in [0.2, 0.25) is 11.6 Å². The van der Waals surface area contributed by atoms with E-state index in [2.05, 4.69) is 10.2 Å². The number of fused-ring (bicyclic) bond motifs is 1. The minimum Gasteiger partial charge on any atom is -0.493 e. The number of benzene rings is 1. The summed E-state index contributed by atoms with van der Waals surface area (Å²) in [6.45, 7) is 0.553. The Morgan fingerprint density at radius 2 is 2.19 bits per heavy atom. The van der Waals surface area contributed by atoms with Crippen LogP contribution in [0, 0.1) is 5.82 Å². The van der Waals surface area contributed by atoms with Gasteiger partial charge in [0.15, 0.2) is 11.5 Å². The molecule has 0 radical (unpaired) electrons. The molecular weight excluding hydrogens is 283 g/mol. The average Bonchev–Trinajstić information content (AvgIpc) is 2.97. The van der Waals surface area contributed by atoms with Gasteiger partial charge in [0, 0.05) is 0 Å². The largest absolute Gasteiger partial charge is 0.493 e. The van der Waals surface area contributed by atoms with Gasteiger partial charge in [-0.05, 0) is 12.1 Å². The highest BCUT2D eigenvalue weighted by Crippen LogP contribution is 2.44. The second kappa shape index (κ2) is 4.97. The third kappa shape index (κ3) is 2.14. The maximum Gasteiger partial charge on any atom is 0.353 e. The van der Waals surface area contributed by atoms with Gasteiger partial charge in [0.25, 0.3) is 0 Å². The Balaban J connectivity index is 2.16. The van der Waals surface area contributed by atoms with E-state index in [1.165, 1.54) is 19.2 Å². The molecule has 1 aromatic heterocycles. The fraction of sp³-hybridized carbons (Fsp3) is 0.231. The second-order valence-corrected chi connectivity index (χ2v) is 4.27. The fourth-order valence-corrected chi connectivity index (χ4v) is 2.09. The van der Waals surface area contributed by atoms with Crippen LogP contribution in [0.4, 0.5) is 4.39 Å². The first-order valence-corrected chi connectivity index (χ1v) is 6.07. The lowest BCUT2D eigenvalue weighted by molar-refractivity contribution is 0.0690. The molecule has 0 unspecified atom stereocenters. The highest BCUT2D eigenvalue weighted by atomic mass is 19.1. The van der Waals surface area contributed by atoms with Crippen molar-refractivity contribution in [2.75, 3.05) is 20.3 Å². The van der Waals surface area contributed by atoms with E-state index in [1.807, 2.05) is 0 Å². The van der Waals surface area contributed by atoms with Gasteiger partial charge in [-0.15, -0.1) is 0 Å². The molecule has 2 heterocycles. The van der Waals surface area contributed by atoms with Crippen LogP contribution in [-0.4, -0.2) is 41.6 Å². The lowest BCUT2D eigenvalue weighted by Crippen LogP contribution is -2.17. The molecule has 3 rings (SSSR count). The molecule has 0 amide bonds. The van der Waals surface area contributed by atoms with Gasteiger partial charge in [0.1, 0.15) is 18.9 Å². The molecule has 0 atom stereocenters. The maximum atomic E-state index is 14.4. The zero-order valence-corrected chi connectivity index (χ0v) is 11.0. The standard InChI is InChI=1S/C13H11FN2O5/c1-19-11-6(7-5-8(13(17)18)16-15-7)4-9-12(10(11)14)21-3-2-20-9/h4-5H,2-3H2,1H3,(H,15,16)(H,17,18). The number of carboxylic acid groups (broad SMARTS) is 1. The fourth-order valence-electron chi connectivity index (χ4n) is 2.09. The Hall–Kier alpha value is -2.77. The molecule has 2 aromatic rings. The number of methoxy groups -OCH3 is 1. The Morgan fingerprint density at radius 3 is 2.86 bits per heavy atom. The zero-order chi connectivity index (χ0) is 15.0. The highest BCUT2D eigenvalue weighted by molar-refractivity contribution is 5.87. The van der Waals surface area contributed by atoms with Crippen LogP contribution in [0.25, 0.3) is 11.3 Å². The van der Waals surface area contributed by atoms with Gasteiger partial charge < -0.3 is 19.3 Å². The van der Waals surface area contributed by atoms with Crippen molar-refractivity contribution in [1.29, 1.82) is 0 Å². The predicted octanol–water partition coefficient (Wildman–Crippen LogP) is 1.69. The van der Waals surface area contributed by atoms with Crippen LogP contribution in [0.2, 0.25) is 0 Å². The van der Waals surface area contributed by atoms with Gasteiger partial charge in [-0.2, -0.15) is 9.49 Å². The zero-order valence-electron chi connectivity index (χ0n) is 11.0. The first-order chi connectivity index (χ1) is 10.1. The summed E-state index contributed by atoms with van der Waals surface area (Å²) in [6.07, 6.45) is 0. The summed E-state index contributed by atoms with van der Waals surface area (Å²) in [4.78, 5) is 10.9. The van der Waals surface area contributed by atoms with E-state index >= 15 is 0 Å². The molecule has 110 valence electrons. The van der Waals surface area contributed by atoms with Crippen molar-refractivity contribution in [1.82, 2.24) is 10.2 Å². The quantitative estimate of drug-likeness (QED) is 0.894. The molecule has 1 aliphatic rings. The number of rotatable bonds is 3. The van der Waals surface area contributed by atoms with Gasteiger partial charge in [-0.1, -0.05) is 0 Å². The van der Waals surface area contributed by atoms with Gasteiger partial charge in [-0.25, -0.2) is 4.79 Å². The molecule has 7 nitrogen and oxygen atoms in total. The predicted molar refractivity (Wildman–Crippen MR) is 68.5 cm³/mol. The summed E-state index contributed by atoms with van der Waals surface area (Å²) < 4.78 is 30.0. The van der Waals surface area contributed by atoms with Crippen molar-refractivity contribution >= 4 is 5.97 Å². The molecule has 8 heteroatoms. The van der Waals surface area contributed by atoms with Gasteiger partial charge in [0.05, 0.1) is 18.4 Å². The molecule has 0 bridgehead atoms. The summed E-state index contributed by atoms with van der Waals surface area (Å²) in [5.41, 5.74) is 0.408. The molecule has 2 N–H and O–H groups in total. The SMILES string of the molecule is COc1c(-c2cc(C(=O)O)[nH]n2)cc2c(c1F)OCCO2. The number of H-pyrrole nitrogens is 1. The number of nitrogens with one attached hydrogen (secondary N) is 1. The summed E-state index contributed by atoms with van der Waals surface area (Å²) in [5.74, 6) is -1.73. The third-order valence-corrected chi connectivity index (χ3v) is 3.02. The summed E-state index contributed by atoms with van der Waals surface area (Å²) in [7, 11) is 1.31. The van der Waals surface area contributed by atoms with E-state index in [0.29, 0.717) is 6.61 Å². The molecular formula is C13H11FN2O5. The van der Waals surface area contributed by atoms with Crippen molar-refractivity contribution in [3.8, 4) is 28.5 Å². The lowest BCUT2D eigenvalue weighted by Gasteiger charge is -2.21. The number of ether oxygens (including phenoxy) is 3. The Morgan fingerprint density at radius 1 is 1.43 bits per heavy atom. The van der Waals surface area contributed by atoms with E-state index in [0.717, 1.165) is 0 Å². The van der Waals surface area contributed by atoms with E-state index in [-0.39, 0.29) is 40.8 Å². The number of nitrogens with zero attached hydrogens (tertiary/aromatic N) is 1. The van der Waals surface area contributed by atoms with Crippen LogP contribution in [0.5, 0.6) is 17.2 Å². The number of halogens is 1. The number of hydrogen-bond donors (Lipinski definition) is 2. The molecule has 0 saturated heterocycles. The molecule has 0 fully saturated rings. The highest BCUT2D eigenvalue weighted by Gasteiger charge is 2.26. The number of aromatic amines is 1. The Labute approximate surface area is 118 Å². The Bertz CT molecular complexity index is 713. The van der Waals surface area contributed by atoms with E-state index in [1.54, 1.807) is 0 Å². The number of aromatic carboxylic acids is 1. The maximum absolute atomic E-state index is 14.4. The molecule has 21 heavy (non-hydrogen) atoms. The monoisotopic (exact) mass is 294 g/mol. The van der Waals surface area contributed by atoms with Crippen LogP contribution in [0.1, 0.15) is 10.5 Å². The first kappa shape index (κ1) is 13.2. The lowest BCUT2D eigenvalue weighted by atomic mass is 10.1. The third-order valence-electron chi connectivity index (χ3n) is 3.02. The Kier molecular flexibility index (Phi) is 3.13. The van der Waals surface area contributed by atoms with Crippen LogP contribution < -0.4 is 14.2 Å². The number of carboxylic acids is 1. The second-order valence-electron chi connectivity index (χ2n) is 4.27. The summed E-state index contributed by atoms with van der Waals surface area (Å²) in [6, 6.07) is 2.80. The average molecular weight is 294 g/mol. The molecule has 0 spiro atoms. The van der Waals surface area contributed by atoms with Crippen molar-refractivity contribution in [2.45, 2.75) is 0 Å². The van der Waals surface area contributed by atoms with E-state index in [4.69, 9.17) is 19.3 Å². The van der Waals surface area contributed by atoms with E-state index < -0.39 is 11.8 Å². The normalized spacial score (nSPS) is 13.0. The van der Waals surface area contributed by atoms with Gasteiger partial charge >= 0.3 is 5.97 Å². The van der Waals surface area contributed by atoms with Crippen molar-refractivity contribution in [2.24, 2.45) is 0 Å². The molecule has 0 aliphatic carbocycles. The molecule has 0 saturated carbocycles. The van der Waals surface area contributed by atoms with Crippen molar-refractivity contribution in [3.63, 3.8) is 0 Å². The number of hydrogen-bond acceptors (Lipinski definition) is 5. The van der Waals surface area contributed by atoms with Crippen LogP contribution in [0.15, 0.2) is 12.1 Å². The number of aromatic nitrogens is 2. The van der Waals surface area contributed by atoms with Crippen LogP contribution in [0.3, 0.4) is 0 Å². The summed E-state index contributed by atoms with van der Waals surface area (Å²) >= 11 is 0. The van der Waals surface area contributed by atoms with Crippen molar-refractivity contribution < 1.29 is 28.5 Å². The van der Waals surface area contributed by atoms with Crippen molar-refractivity contribution in [3.05, 3.63) is 23.6 Å². The van der Waals surface area contributed by atoms with Crippen LogP contribution in [-0.2, 0) is 0 Å². The van der Waals surface area contributed by atoms with Gasteiger partial charge in [-0.3, -0.25) is 5.10 Å². The minimum absolute atomic E-state index is 0.0177. The van der Waals surface area contributed by atoms with E-state index in [9.17, 15) is 9.18 Å². The summed E-state index contributed by atoms with van der Waals surface area (Å²) in [5, 5.41) is 15.1. The smallest absolute Gasteiger partial charge is 0.353 e. The minimum atomic E-state index is -1.16. The number of carbonyl (C=O) groups is 1. The molecule has 1 aliphatic heterocycles.